The Labute approximate surface area is 145 Å². The molecule has 0 aromatic heterocycles. The Balaban J connectivity index is 1.93. The highest BCUT2D eigenvalue weighted by Crippen LogP contribution is 2.25. The Morgan fingerprint density at radius 1 is 0.960 bits per heavy atom. The summed E-state index contributed by atoms with van der Waals surface area (Å²) >= 11 is 0. The second-order valence-corrected chi connectivity index (χ2v) is 5.53. The molecule has 5 nitrogen and oxygen atoms in total. The first-order chi connectivity index (χ1) is 12.1. The van der Waals surface area contributed by atoms with Gasteiger partial charge in [0.25, 0.3) is 11.8 Å². The lowest BCUT2D eigenvalue weighted by molar-refractivity contribution is -0.137. The zero-order valence-electron chi connectivity index (χ0n) is 13.8. The van der Waals surface area contributed by atoms with Gasteiger partial charge in [-0.3, -0.25) is 14.5 Å². The third-order valence-electron chi connectivity index (χ3n) is 3.93. The highest BCUT2D eigenvalue weighted by atomic mass is 16.5. The molecule has 0 spiro atoms. The Bertz CT molecular complexity index is 820. The first-order valence-electron chi connectivity index (χ1n) is 7.99. The maximum Gasteiger partial charge on any atom is 0.331 e. The SMILES string of the molecule is CCOC(=O)/C=C(/CN1C(=O)c2ccccc2C1=O)c1ccccc1. The number of carbonyl (C=O) groups excluding carboxylic acids is 3. The van der Waals surface area contributed by atoms with Crippen LogP contribution in [0.1, 0.15) is 33.2 Å². The molecule has 126 valence electrons. The van der Waals surface area contributed by atoms with Gasteiger partial charge in [-0.25, -0.2) is 4.79 Å². The molecule has 2 amide bonds. The van der Waals surface area contributed by atoms with Gasteiger partial charge in [0.1, 0.15) is 0 Å². The molecule has 0 saturated carbocycles. The Morgan fingerprint density at radius 3 is 2.08 bits per heavy atom. The molecule has 0 atom stereocenters. The van der Waals surface area contributed by atoms with Crippen LogP contribution in [0.2, 0.25) is 0 Å². The smallest absolute Gasteiger partial charge is 0.331 e. The van der Waals surface area contributed by atoms with E-state index in [0.29, 0.717) is 16.7 Å². The summed E-state index contributed by atoms with van der Waals surface area (Å²) in [4.78, 5) is 38.1. The van der Waals surface area contributed by atoms with Gasteiger partial charge in [-0.1, -0.05) is 42.5 Å². The van der Waals surface area contributed by atoms with Crippen LogP contribution >= 0.6 is 0 Å². The van der Waals surface area contributed by atoms with Crippen molar-refractivity contribution in [3.8, 4) is 0 Å². The lowest BCUT2D eigenvalue weighted by Crippen LogP contribution is -2.31. The lowest BCUT2D eigenvalue weighted by Gasteiger charge is -2.16. The molecule has 1 heterocycles. The van der Waals surface area contributed by atoms with Crippen molar-refractivity contribution in [2.75, 3.05) is 13.2 Å². The fraction of sp³-hybridized carbons (Fsp3) is 0.150. The summed E-state index contributed by atoms with van der Waals surface area (Å²) in [6, 6.07) is 15.9. The Morgan fingerprint density at radius 2 is 1.52 bits per heavy atom. The Hall–Kier alpha value is -3.21. The molecule has 1 aliphatic rings. The molecule has 0 aliphatic carbocycles. The van der Waals surface area contributed by atoms with E-state index in [-0.39, 0.29) is 25.0 Å². The zero-order chi connectivity index (χ0) is 17.8. The molecular formula is C20H17NO4. The normalized spacial score (nSPS) is 13.8. The first kappa shape index (κ1) is 16.6. The van der Waals surface area contributed by atoms with E-state index in [0.717, 1.165) is 10.5 Å². The van der Waals surface area contributed by atoms with E-state index in [4.69, 9.17) is 4.74 Å². The van der Waals surface area contributed by atoms with Crippen molar-refractivity contribution in [1.29, 1.82) is 0 Å². The minimum atomic E-state index is -0.502. The molecule has 25 heavy (non-hydrogen) atoms. The molecule has 0 saturated heterocycles. The van der Waals surface area contributed by atoms with E-state index < -0.39 is 5.97 Å². The van der Waals surface area contributed by atoms with Crippen LogP contribution in [0.3, 0.4) is 0 Å². The standard InChI is InChI=1S/C20H17NO4/c1-2-25-18(22)12-15(14-8-4-3-5-9-14)13-21-19(23)16-10-6-7-11-17(16)20(21)24/h3-12H,2,13H2,1H3/b15-12-. The molecule has 0 bridgehead atoms. The van der Waals surface area contributed by atoms with Crippen molar-refractivity contribution < 1.29 is 19.1 Å². The van der Waals surface area contributed by atoms with E-state index in [1.54, 1.807) is 31.2 Å². The van der Waals surface area contributed by atoms with Gasteiger partial charge in [0.15, 0.2) is 0 Å². The second-order valence-electron chi connectivity index (χ2n) is 5.53. The number of amides is 2. The minimum Gasteiger partial charge on any atom is -0.463 e. The van der Waals surface area contributed by atoms with Gasteiger partial charge in [0.2, 0.25) is 0 Å². The summed E-state index contributed by atoms with van der Waals surface area (Å²) in [5.41, 5.74) is 2.08. The molecule has 5 heteroatoms. The summed E-state index contributed by atoms with van der Waals surface area (Å²) in [5.74, 6) is -1.21. The van der Waals surface area contributed by atoms with E-state index in [1.165, 1.54) is 6.08 Å². The van der Waals surface area contributed by atoms with Gasteiger partial charge in [0.05, 0.1) is 24.3 Å². The predicted molar refractivity (Wildman–Crippen MR) is 92.9 cm³/mol. The van der Waals surface area contributed by atoms with Crippen LogP contribution < -0.4 is 0 Å². The average Bonchev–Trinajstić information content (AvgIpc) is 2.87. The van der Waals surface area contributed by atoms with Gasteiger partial charge in [-0.2, -0.15) is 0 Å². The molecule has 1 aliphatic heterocycles. The summed E-state index contributed by atoms with van der Waals surface area (Å²) in [6.45, 7) is 1.98. The van der Waals surface area contributed by atoms with Crippen molar-refractivity contribution in [2.45, 2.75) is 6.92 Å². The zero-order valence-corrected chi connectivity index (χ0v) is 13.8. The molecule has 2 aromatic rings. The number of ether oxygens (including phenoxy) is 1. The molecule has 0 radical (unpaired) electrons. The van der Waals surface area contributed by atoms with Gasteiger partial charge >= 0.3 is 5.97 Å². The number of esters is 1. The molecule has 3 rings (SSSR count). The van der Waals surface area contributed by atoms with Gasteiger partial charge in [-0.15, -0.1) is 0 Å². The maximum absolute atomic E-state index is 12.5. The second kappa shape index (κ2) is 7.13. The molecule has 0 N–H and O–H groups in total. The van der Waals surface area contributed by atoms with Crippen molar-refractivity contribution in [1.82, 2.24) is 4.90 Å². The number of nitrogens with zero attached hydrogens (tertiary/aromatic N) is 1. The number of hydrogen-bond acceptors (Lipinski definition) is 4. The maximum atomic E-state index is 12.5. The monoisotopic (exact) mass is 335 g/mol. The summed E-state index contributed by atoms with van der Waals surface area (Å²) in [6.07, 6.45) is 1.34. The quantitative estimate of drug-likeness (QED) is 0.479. The average molecular weight is 335 g/mol. The predicted octanol–water partition coefficient (Wildman–Crippen LogP) is 2.93. The molecular weight excluding hydrogens is 318 g/mol. The van der Waals surface area contributed by atoms with Crippen LogP contribution in [0.25, 0.3) is 5.57 Å². The number of rotatable bonds is 5. The van der Waals surface area contributed by atoms with Crippen molar-refractivity contribution in [3.05, 3.63) is 77.4 Å². The van der Waals surface area contributed by atoms with Crippen LogP contribution in [-0.4, -0.2) is 35.8 Å². The van der Waals surface area contributed by atoms with E-state index >= 15 is 0 Å². The topological polar surface area (TPSA) is 63.7 Å². The number of fused-ring (bicyclic) bond motifs is 1. The van der Waals surface area contributed by atoms with E-state index in [1.807, 2.05) is 30.3 Å². The largest absolute Gasteiger partial charge is 0.463 e. The number of carbonyl (C=O) groups is 3. The minimum absolute atomic E-state index is 0.00910. The summed E-state index contributed by atoms with van der Waals surface area (Å²) in [5, 5.41) is 0. The van der Waals surface area contributed by atoms with Crippen molar-refractivity contribution in [2.24, 2.45) is 0 Å². The lowest BCUT2D eigenvalue weighted by atomic mass is 10.0. The molecule has 2 aromatic carbocycles. The third kappa shape index (κ3) is 3.35. The summed E-state index contributed by atoms with van der Waals surface area (Å²) < 4.78 is 4.97. The van der Waals surface area contributed by atoms with Crippen LogP contribution in [0.15, 0.2) is 60.7 Å². The summed E-state index contributed by atoms with van der Waals surface area (Å²) in [7, 11) is 0. The van der Waals surface area contributed by atoms with Crippen LogP contribution in [0, 0.1) is 0 Å². The number of hydrogen-bond donors (Lipinski definition) is 0. The van der Waals surface area contributed by atoms with Gasteiger partial charge < -0.3 is 4.74 Å². The Kier molecular flexibility index (Phi) is 4.75. The van der Waals surface area contributed by atoms with E-state index in [2.05, 4.69) is 0 Å². The number of benzene rings is 2. The molecule has 0 fully saturated rings. The van der Waals surface area contributed by atoms with Crippen LogP contribution in [0.4, 0.5) is 0 Å². The van der Waals surface area contributed by atoms with E-state index in [9.17, 15) is 14.4 Å². The van der Waals surface area contributed by atoms with Crippen LogP contribution in [-0.2, 0) is 9.53 Å². The fourth-order valence-electron chi connectivity index (χ4n) is 2.75. The highest BCUT2D eigenvalue weighted by Gasteiger charge is 2.35. The first-order valence-corrected chi connectivity index (χ1v) is 7.99. The molecule has 0 unspecified atom stereocenters. The van der Waals surface area contributed by atoms with Crippen molar-refractivity contribution >= 4 is 23.4 Å². The van der Waals surface area contributed by atoms with Crippen molar-refractivity contribution in [3.63, 3.8) is 0 Å². The van der Waals surface area contributed by atoms with Gasteiger partial charge in [-0.05, 0) is 30.2 Å². The third-order valence-corrected chi connectivity index (χ3v) is 3.93. The number of imide groups is 1. The fourth-order valence-corrected chi connectivity index (χ4v) is 2.75. The van der Waals surface area contributed by atoms with Gasteiger partial charge in [0, 0.05) is 6.08 Å². The highest BCUT2D eigenvalue weighted by molar-refractivity contribution is 6.22. The van der Waals surface area contributed by atoms with Crippen LogP contribution in [0.5, 0.6) is 0 Å².